The van der Waals surface area contributed by atoms with Crippen molar-refractivity contribution in [1.29, 1.82) is 0 Å². The van der Waals surface area contributed by atoms with Crippen molar-refractivity contribution in [3.8, 4) is 11.5 Å². The fourth-order valence-electron chi connectivity index (χ4n) is 1.98. The van der Waals surface area contributed by atoms with Crippen molar-refractivity contribution in [2.45, 2.75) is 6.92 Å². The summed E-state index contributed by atoms with van der Waals surface area (Å²) in [6.45, 7) is 5.36. The summed E-state index contributed by atoms with van der Waals surface area (Å²) in [5.74, 6) is -0.135. The predicted octanol–water partition coefficient (Wildman–Crippen LogP) is 2.57. The minimum absolute atomic E-state index is 0.110. The molecule has 0 aliphatic rings. The van der Waals surface area contributed by atoms with E-state index in [1.807, 2.05) is 0 Å². The molecule has 2 aromatic rings. The summed E-state index contributed by atoms with van der Waals surface area (Å²) in [7, 11) is 0. The van der Waals surface area contributed by atoms with E-state index >= 15 is 0 Å². The van der Waals surface area contributed by atoms with Gasteiger partial charge in [0.15, 0.2) is 0 Å². The summed E-state index contributed by atoms with van der Waals surface area (Å²) in [6.07, 6.45) is 0. The minimum Gasteiger partial charge on any atom is -0.490 e. The lowest BCUT2D eigenvalue weighted by Crippen LogP contribution is -2.12. The monoisotopic (exact) mass is 356 g/mol. The second kappa shape index (κ2) is 8.57. The summed E-state index contributed by atoms with van der Waals surface area (Å²) >= 11 is 0. The number of esters is 2. The Kier molecular flexibility index (Phi) is 6.21. The summed E-state index contributed by atoms with van der Waals surface area (Å²) in [5, 5.41) is 0. The molecule has 0 spiro atoms. The number of carbonyl (C=O) groups excluding carboxylic acids is 2. The number of rotatable bonds is 7. The highest BCUT2D eigenvalue weighted by Crippen LogP contribution is 2.20. The Morgan fingerprint density at radius 2 is 1.54 bits per heavy atom. The summed E-state index contributed by atoms with van der Waals surface area (Å²) in [6, 6.07) is 11.0. The van der Waals surface area contributed by atoms with Crippen LogP contribution in [0.15, 0.2) is 54.6 Å². The zero-order valence-corrected chi connectivity index (χ0v) is 14.4. The van der Waals surface area contributed by atoms with Crippen molar-refractivity contribution < 1.29 is 23.8 Å². The lowest BCUT2D eigenvalue weighted by molar-refractivity contribution is -0.139. The first-order valence-electron chi connectivity index (χ1n) is 7.79. The normalized spacial score (nSPS) is 10.0. The van der Waals surface area contributed by atoms with Crippen LogP contribution in [0.4, 0.5) is 11.4 Å². The number of carbonyl (C=O) groups is 2. The van der Waals surface area contributed by atoms with Crippen molar-refractivity contribution in [2.24, 2.45) is 0 Å². The average Bonchev–Trinajstić information content (AvgIpc) is 2.59. The van der Waals surface area contributed by atoms with E-state index in [9.17, 15) is 9.59 Å². The lowest BCUT2D eigenvalue weighted by Gasteiger charge is -2.09. The van der Waals surface area contributed by atoms with Gasteiger partial charge in [-0.2, -0.15) is 0 Å². The highest BCUT2D eigenvalue weighted by molar-refractivity contribution is 5.93. The van der Waals surface area contributed by atoms with Gasteiger partial charge in [-0.05, 0) is 49.4 Å². The molecule has 0 amide bonds. The molecule has 4 N–H and O–H groups in total. The third-order valence-corrected chi connectivity index (χ3v) is 3.18. The molecular formula is C19H20N2O5. The van der Waals surface area contributed by atoms with Gasteiger partial charge in [0.1, 0.15) is 24.7 Å². The number of ether oxygens (including phenoxy) is 3. The Bertz CT molecular complexity index is 795. The van der Waals surface area contributed by atoms with Crippen LogP contribution in [0.25, 0.3) is 0 Å². The fourth-order valence-corrected chi connectivity index (χ4v) is 1.98. The molecule has 26 heavy (non-hydrogen) atoms. The lowest BCUT2D eigenvalue weighted by atomic mass is 10.2. The molecule has 136 valence electrons. The molecule has 7 nitrogen and oxygen atoms in total. The molecular weight excluding hydrogens is 336 g/mol. The number of hydrogen-bond donors (Lipinski definition) is 2. The van der Waals surface area contributed by atoms with Gasteiger partial charge < -0.3 is 25.7 Å². The number of nitrogens with two attached hydrogens (primary N) is 2. The van der Waals surface area contributed by atoms with E-state index in [0.717, 1.165) is 0 Å². The second-order valence-electron chi connectivity index (χ2n) is 5.51. The molecule has 0 aromatic heterocycles. The number of benzene rings is 2. The van der Waals surface area contributed by atoms with E-state index < -0.39 is 11.9 Å². The van der Waals surface area contributed by atoms with Crippen LogP contribution >= 0.6 is 0 Å². The van der Waals surface area contributed by atoms with E-state index in [4.69, 9.17) is 25.7 Å². The van der Waals surface area contributed by atoms with Crippen LogP contribution in [0.2, 0.25) is 0 Å². The van der Waals surface area contributed by atoms with Gasteiger partial charge in [-0.3, -0.25) is 0 Å². The molecule has 0 atom stereocenters. The number of hydrogen-bond acceptors (Lipinski definition) is 7. The van der Waals surface area contributed by atoms with Crippen molar-refractivity contribution in [3.63, 3.8) is 0 Å². The average molecular weight is 356 g/mol. The Morgan fingerprint density at radius 3 is 2.12 bits per heavy atom. The predicted molar refractivity (Wildman–Crippen MR) is 97.9 cm³/mol. The molecule has 2 aromatic carbocycles. The molecule has 2 rings (SSSR count). The van der Waals surface area contributed by atoms with Crippen molar-refractivity contribution in [1.82, 2.24) is 0 Å². The Hall–Kier alpha value is -3.48. The fraction of sp³-hybridized carbons (Fsp3) is 0.158. The van der Waals surface area contributed by atoms with E-state index in [1.54, 1.807) is 37.3 Å². The first-order chi connectivity index (χ1) is 12.3. The Labute approximate surface area is 151 Å². The molecule has 0 radical (unpaired) electrons. The van der Waals surface area contributed by atoms with Gasteiger partial charge in [-0.15, -0.1) is 0 Å². The van der Waals surface area contributed by atoms with E-state index in [2.05, 4.69) is 6.58 Å². The number of anilines is 2. The highest BCUT2D eigenvalue weighted by atomic mass is 16.6. The van der Waals surface area contributed by atoms with Crippen LogP contribution in [0.5, 0.6) is 11.5 Å². The molecule has 0 unspecified atom stereocenters. The summed E-state index contributed by atoms with van der Waals surface area (Å²) in [4.78, 5) is 23.3. The quantitative estimate of drug-likeness (QED) is 0.258. The molecule has 0 heterocycles. The summed E-state index contributed by atoms with van der Waals surface area (Å²) < 4.78 is 15.6. The van der Waals surface area contributed by atoms with Crippen LogP contribution in [0, 0.1) is 0 Å². The first-order valence-corrected chi connectivity index (χ1v) is 7.79. The molecule has 0 saturated heterocycles. The largest absolute Gasteiger partial charge is 0.490 e. The number of nitrogen functional groups attached to an aromatic ring is 2. The van der Waals surface area contributed by atoms with E-state index in [1.165, 1.54) is 12.1 Å². The molecule has 0 aliphatic carbocycles. The van der Waals surface area contributed by atoms with Crippen LogP contribution in [-0.2, 0) is 9.53 Å². The van der Waals surface area contributed by atoms with Crippen LogP contribution in [0.1, 0.15) is 17.3 Å². The third kappa shape index (κ3) is 5.55. The first kappa shape index (κ1) is 18.9. The van der Waals surface area contributed by atoms with Crippen LogP contribution in [-0.4, -0.2) is 25.2 Å². The zero-order chi connectivity index (χ0) is 19.1. The van der Waals surface area contributed by atoms with Crippen molar-refractivity contribution >= 4 is 23.3 Å². The van der Waals surface area contributed by atoms with Gasteiger partial charge in [-0.1, -0.05) is 6.58 Å². The molecule has 0 aliphatic heterocycles. The van der Waals surface area contributed by atoms with Crippen molar-refractivity contribution in [2.75, 3.05) is 24.7 Å². The van der Waals surface area contributed by atoms with Gasteiger partial charge in [0, 0.05) is 16.9 Å². The highest BCUT2D eigenvalue weighted by Gasteiger charge is 2.10. The molecule has 0 fully saturated rings. The maximum Gasteiger partial charge on any atom is 0.343 e. The maximum atomic E-state index is 12.1. The maximum absolute atomic E-state index is 12.1. The second-order valence-corrected chi connectivity index (χ2v) is 5.51. The van der Waals surface area contributed by atoms with Gasteiger partial charge in [-0.25, -0.2) is 9.59 Å². The zero-order valence-electron chi connectivity index (χ0n) is 14.4. The molecule has 7 heteroatoms. The van der Waals surface area contributed by atoms with Gasteiger partial charge in [0.2, 0.25) is 0 Å². The topological polar surface area (TPSA) is 114 Å². The van der Waals surface area contributed by atoms with Gasteiger partial charge in [0.25, 0.3) is 0 Å². The van der Waals surface area contributed by atoms with Gasteiger partial charge >= 0.3 is 11.9 Å². The Morgan fingerprint density at radius 1 is 0.962 bits per heavy atom. The van der Waals surface area contributed by atoms with E-state index in [0.29, 0.717) is 28.4 Å². The smallest absolute Gasteiger partial charge is 0.343 e. The van der Waals surface area contributed by atoms with Gasteiger partial charge in [0.05, 0.1) is 5.56 Å². The van der Waals surface area contributed by atoms with Crippen LogP contribution in [0.3, 0.4) is 0 Å². The molecule has 0 saturated carbocycles. The van der Waals surface area contributed by atoms with E-state index in [-0.39, 0.29) is 18.8 Å². The third-order valence-electron chi connectivity index (χ3n) is 3.18. The van der Waals surface area contributed by atoms with Crippen LogP contribution < -0.4 is 20.9 Å². The minimum atomic E-state index is -0.565. The Balaban J connectivity index is 1.86. The standard InChI is InChI=1S/C19H20N2O5/c1-12(2)18(22)25-8-7-24-16-3-5-17(6-4-16)26-19(23)13-9-14(20)11-15(21)10-13/h3-6,9-11H,1,7-8,20-21H2,2H3. The SMILES string of the molecule is C=C(C)C(=O)OCCOc1ccc(OC(=O)c2cc(N)cc(N)c2)cc1. The summed E-state index contributed by atoms with van der Waals surface area (Å²) in [5.41, 5.74) is 12.7. The molecule has 0 bridgehead atoms. The van der Waals surface area contributed by atoms with Crippen molar-refractivity contribution in [3.05, 3.63) is 60.2 Å².